The van der Waals surface area contributed by atoms with Crippen molar-refractivity contribution in [3.05, 3.63) is 75.0 Å². The van der Waals surface area contributed by atoms with E-state index in [9.17, 15) is 4.79 Å². The molecule has 1 aliphatic heterocycles. The van der Waals surface area contributed by atoms with Crippen molar-refractivity contribution in [1.82, 2.24) is 15.1 Å². The third kappa shape index (κ3) is 4.40. The highest BCUT2D eigenvalue weighted by Crippen LogP contribution is 2.38. The van der Waals surface area contributed by atoms with Crippen LogP contribution in [-0.2, 0) is 13.1 Å². The van der Waals surface area contributed by atoms with Crippen molar-refractivity contribution in [3.8, 4) is 11.5 Å². The molecule has 2 aromatic carbocycles. The summed E-state index contributed by atoms with van der Waals surface area (Å²) in [6.45, 7) is 3.66. The molecule has 0 saturated carbocycles. The van der Waals surface area contributed by atoms with Gasteiger partial charge in [0, 0.05) is 13.0 Å². The molecule has 1 aromatic heterocycles. The standard InChI is InChI=1S/C22H21Cl2N3O3/c1-14-19(21(24)27(26-14)13-15-6-3-2-4-7-15)22(28)25-12-16-10-17(23)20-18(11-16)29-8-5-9-30-20/h2-4,6-7,10-11H,5,8-9,12-13H2,1H3,(H,25,28). The van der Waals surface area contributed by atoms with E-state index in [0.717, 1.165) is 17.5 Å². The van der Waals surface area contributed by atoms with Gasteiger partial charge >= 0.3 is 0 Å². The van der Waals surface area contributed by atoms with Gasteiger partial charge in [-0.3, -0.25) is 4.79 Å². The third-order valence-corrected chi connectivity index (χ3v) is 5.45. The molecule has 1 N–H and O–H groups in total. The van der Waals surface area contributed by atoms with Crippen molar-refractivity contribution in [3.63, 3.8) is 0 Å². The van der Waals surface area contributed by atoms with E-state index in [1.54, 1.807) is 17.7 Å². The SMILES string of the molecule is Cc1nn(Cc2ccccc2)c(Cl)c1C(=O)NCc1cc(Cl)c2c(c1)OCCCO2. The Bertz CT molecular complexity index is 1070. The van der Waals surface area contributed by atoms with E-state index < -0.39 is 0 Å². The van der Waals surface area contributed by atoms with Gasteiger partial charge in [0.2, 0.25) is 0 Å². The van der Waals surface area contributed by atoms with Gasteiger partial charge in [0.1, 0.15) is 5.15 Å². The number of carbonyl (C=O) groups is 1. The van der Waals surface area contributed by atoms with E-state index in [4.69, 9.17) is 32.7 Å². The van der Waals surface area contributed by atoms with Crippen LogP contribution in [0.25, 0.3) is 0 Å². The van der Waals surface area contributed by atoms with Gasteiger partial charge in [0.25, 0.3) is 5.91 Å². The molecule has 0 bridgehead atoms. The first kappa shape index (κ1) is 20.6. The van der Waals surface area contributed by atoms with Gasteiger partial charge in [-0.15, -0.1) is 0 Å². The number of hydrogen-bond acceptors (Lipinski definition) is 4. The van der Waals surface area contributed by atoms with Crippen LogP contribution in [0.2, 0.25) is 10.2 Å². The van der Waals surface area contributed by atoms with Crippen LogP contribution in [0.4, 0.5) is 0 Å². The van der Waals surface area contributed by atoms with Gasteiger partial charge in [-0.1, -0.05) is 53.5 Å². The molecule has 0 fully saturated rings. The van der Waals surface area contributed by atoms with Crippen molar-refractivity contribution in [2.75, 3.05) is 13.2 Å². The Balaban J connectivity index is 1.48. The Morgan fingerprint density at radius 2 is 1.90 bits per heavy atom. The molecule has 6 nitrogen and oxygen atoms in total. The zero-order chi connectivity index (χ0) is 21.1. The summed E-state index contributed by atoms with van der Waals surface area (Å²) in [7, 11) is 0. The lowest BCUT2D eigenvalue weighted by atomic mass is 10.2. The van der Waals surface area contributed by atoms with Crippen LogP contribution < -0.4 is 14.8 Å². The summed E-state index contributed by atoms with van der Waals surface area (Å²) < 4.78 is 13.0. The smallest absolute Gasteiger partial charge is 0.256 e. The fourth-order valence-corrected chi connectivity index (χ4v) is 3.94. The van der Waals surface area contributed by atoms with Crippen molar-refractivity contribution in [1.29, 1.82) is 0 Å². The number of aryl methyl sites for hydroxylation is 1. The Kier molecular flexibility index (Phi) is 6.16. The highest BCUT2D eigenvalue weighted by atomic mass is 35.5. The average Bonchev–Trinajstić information content (AvgIpc) is 2.89. The second-order valence-corrected chi connectivity index (χ2v) is 7.80. The maximum atomic E-state index is 12.8. The summed E-state index contributed by atoms with van der Waals surface area (Å²) in [5.74, 6) is 0.847. The van der Waals surface area contributed by atoms with Gasteiger partial charge in [0.05, 0.1) is 36.0 Å². The molecule has 0 atom stereocenters. The topological polar surface area (TPSA) is 65.4 Å². The van der Waals surface area contributed by atoms with Crippen LogP contribution in [0.1, 0.15) is 33.6 Å². The highest BCUT2D eigenvalue weighted by Gasteiger charge is 2.21. The van der Waals surface area contributed by atoms with Crippen LogP contribution in [0.3, 0.4) is 0 Å². The van der Waals surface area contributed by atoms with E-state index in [1.807, 2.05) is 36.4 Å². The number of ether oxygens (including phenoxy) is 2. The maximum absolute atomic E-state index is 12.8. The van der Waals surface area contributed by atoms with E-state index in [1.165, 1.54) is 0 Å². The van der Waals surface area contributed by atoms with E-state index in [-0.39, 0.29) is 12.5 Å². The molecule has 30 heavy (non-hydrogen) atoms. The number of carbonyl (C=O) groups excluding carboxylic acids is 1. The summed E-state index contributed by atoms with van der Waals surface area (Å²) in [4.78, 5) is 12.8. The Morgan fingerprint density at radius 1 is 1.13 bits per heavy atom. The minimum atomic E-state index is -0.292. The van der Waals surface area contributed by atoms with Crippen LogP contribution in [0, 0.1) is 6.92 Å². The number of amides is 1. The summed E-state index contributed by atoms with van der Waals surface area (Å²) in [6, 6.07) is 13.4. The predicted molar refractivity (Wildman–Crippen MR) is 116 cm³/mol. The molecule has 0 unspecified atom stereocenters. The fourth-order valence-electron chi connectivity index (χ4n) is 3.33. The Labute approximate surface area is 184 Å². The molecule has 8 heteroatoms. The average molecular weight is 446 g/mol. The van der Waals surface area contributed by atoms with Gasteiger partial charge in [-0.25, -0.2) is 4.68 Å². The highest BCUT2D eigenvalue weighted by molar-refractivity contribution is 6.33. The normalized spacial score (nSPS) is 13.0. The number of aromatic nitrogens is 2. The minimum Gasteiger partial charge on any atom is -0.489 e. The number of fused-ring (bicyclic) bond motifs is 1. The lowest BCUT2D eigenvalue weighted by molar-refractivity contribution is 0.0950. The molecule has 0 radical (unpaired) electrons. The quantitative estimate of drug-likeness (QED) is 0.621. The molecule has 4 rings (SSSR count). The van der Waals surface area contributed by atoms with Crippen molar-refractivity contribution >= 4 is 29.1 Å². The summed E-state index contributed by atoms with van der Waals surface area (Å²) in [6.07, 6.45) is 0.793. The van der Waals surface area contributed by atoms with Gasteiger partial charge in [0.15, 0.2) is 11.5 Å². The molecular formula is C22H21Cl2N3O3. The predicted octanol–water partition coefficient (Wildman–Crippen LogP) is 4.64. The lowest BCUT2D eigenvalue weighted by Crippen LogP contribution is -2.23. The number of rotatable bonds is 5. The number of halogens is 2. The summed E-state index contributed by atoms with van der Waals surface area (Å²) >= 11 is 12.8. The largest absolute Gasteiger partial charge is 0.489 e. The number of benzene rings is 2. The van der Waals surface area contributed by atoms with E-state index >= 15 is 0 Å². The van der Waals surface area contributed by atoms with Crippen LogP contribution in [0.5, 0.6) is 11.5 Å². The lowest BCUT2D eigenvalue weighted by Gasteiger charge is -2.12. The van der Waals surface area contributed by atoms with E-state index in [0.29, 0.717) is 52.7 Å². The second-order valence-electron chi connectivity index (χ2n) is 7.03. The number of hydrogen-bond donors (Lipinski definition) is 1. The second kappa shape index (κ2) is 8.98. The first-order chi connectivity index (χ1) is 14.5. The Hall–Kier alpha value is -2.70. The molecule has 1 aliphatic rings. The summed E-state index contributed by atoms with van der Waals surface area (Å²) in [5, 5.41) is 8.09. The molecular weight excluding hydrogens is 425 g/mol. The van der Waals surface area contributed by atoms with Crippen LogP contribution >= 0.6 is 23.2 Å². The maximum Gasteiger partial charge on any atom is 0.256 e. The molecule has 3 aromatic rings. The molecule has 0 saturated heterocycles. The van der Waals surface area contributed by atoms with Crippen LogP contribution in [0.15, 0.2) is 42.5 Å². The first-order valence-corrected chi connectivity index (χ1v) is 10.4. The third-order valence-electron chi connectivity index (χ3n) is 4.78. The van der Waals surface area contributed by atoms with E-state index in [2.05, 4.69) is 10.4 Å². The van der Waals surface area contributed by atoms with Gasteiger partial charge in [-0.2, -0.15) is 5.10 Å². The van der Waals surface area contributed by atoms with Crippen LogP contribution in [-0.4, -0.2) is 28.9 Å². The molecule has 156 valence electrons. The summed E-state index contributed by atoms with van der Waals surface area (Å²) in [5.41, 5.74) is 2.80. The minimum absolute atomic E-state index is 0.273. The van der Waals surface area contributed by atoms with Crippen molar-refractivity contribution in [2.45, 2.75) is 26.4 Å². The monoisotopic (exact) mass is 445 g/mol. The number of nitrogens with one attached hydrogen (secondary N) is 1. The fraction of sp³-hybridized carbons (Fsp3) is 0.273. The zero-order valence-corrected chi connectivity index (χ0v) is 18.0. The van der Waals surface area contributed by atoms with Crippen molar-refractivity contribution < 1.29 is 14.3 Å². The molecule has 0 spiro atoms. The van der Waals surface area contributed by atoms with Gasteiger partial charge < -0.3 is 14.8 Å². The van der Waals surface area contributed by atoms with Gasteiger partial charge in [-0.05, 0) is 30.2 Å². The molecule has 0 aliphatic carbocycles. The molecule has 2 heterocycles. The number of nitrogens with zero attached hydrogens (tertiary/aromatic N) is 2. The Morgan fingerprint density at radius 3 is 2.70 bits per heavy atom. The zero-order valence-electron chi connectivity index (χ0n) is 16.5. The first-order valence-electron chi connectivity index (χ1n) is 9.66. The van der Waals surface area contributed by atoms with Crippen molar-refractivity contribution in [2.24, 2.45) is 0 Å². The molecule has 1 amide bonds.